The van der Waals surface area contributed by atoms with Gasteiger partial charge in [-0.25, -0.2) is 4.39 Å². The van der Waals surface area contributed by atoms with E-state index in [1.807, 2.05) is 0 Å². The molecule has 2 aromatic carbocycles. The molecule has 2 N–H and O–H groups in total. The Balaban J connectivity index is 1.60. The Kier molecular flexibility index (Phi) is 5.69. The number of nitrogens with zero attached hydrogens (tertiary/aromatic N) is 1. The van der Waals surface area contributed by atoms with Crippen LogP contribution in [-0.4, -0.2) is 47.2 Å². The first-order valence-electron chi connectivity index (χ1n) is 9.45. The second kappa shape index (κ2) is 8.06. The number of amides is 4. The Morgan fingerprint density at radius 2 is 1.50 bits per heavy atom. The largest absolute Gasteiger partial charge is 0.350 e. The molecule has 0 aromatic heterocycles. The van der Waals surface area contributed by atoms with Gasteiger partial charge in [0, 0.05) is 24.2 Å². The number of carbonyl (C=O) groups excluding carboxylic acids is 4. The molecule has 0 spiro atoms. The van der Waals surface area contributed by atoms with E-state index in [4.69, 9.17) is 0 Å². The molecule has 0 atom stereocenters. The lowest BCUT2D eigenvalue weighted by molar-refractivity contribution is 0.0507. The van der Waals surface area contributed by atoms with Gasteiger partial charge in [0.2, 0.25) is 0 Å². The summed E-state index contributed by atoms with van der Waals surface area (Å²) in [7, 11) is 0. The highest BCUT2D eigenvalue weighted by Crippen LogP contribution is 2.29. The number of carbonyl (C=O) groups is 4. The van der Waals surface area contributed by atoms with Crippen molar-refractivity contribution in [2.45, 2.75) is 26.3 Å². The number of rotatable bonds is 5. The maximum atomic E-state index is 13.6. The second-order valence-corrected chi connectivity index (χ2v) is 7.87. The maximum absolute atomic E-state index is 13.6. The van der Waals surface area contributed by atoms with E-state index in [-0.39, 0.29) is 41.3 Å². The van der Waals surface area contributed by atoms with Gasteiger partial charge in [-0.2, -0.15) is 0 Å². The summed E-state index contributed by atoms with van der Waals surface area (Å²) in [5.74, 6) is -2.47. The van der Waals surface area contributed by atoms with Gasteiger partial charge in [0.25, 0.3) is 23.6 Å². The van der Waals surface area contributed by atoms with Crippen LogP contribution in [-0.2, 0) is 0 Å². The zero-order chi connectivity index (χ0) is 22.1. The summed E-state index contributed by atoms with van der Waals surface area (Å²) >= 11 is 0. The van der Waals surface area contributed by atoms with Crippen LogP contribution in [0.1, 0.15) is 62.2 Å². The third-order valence-electron chi connectivity index (χ3n) is 4.63. The summed E-state index contributed by atoms with van der Waals surface area (Å²) in [5.41, 5.74) is -0.0642. The number of benzene rings is 2. The Morgan fingerprint density at radius 3 is 2.13 bits per heavy atom. The van der Waals surface area contributed by atoms with Crippen molar-refractivity contribution >= 4 is 23.6 Å². The zero-order valence-electron chi connectivity index (χ0n) is 16.9. The molecule has 0 radical (unpaired) electrons. The Hall–Kier alpha value is -3.55. The first-order chi connectivity index (χ1) is 14.1. The van der Waals surface area contributed by atoms with Crippen LogP contribution in [0, 0.1) is 5.82 Å². The van der Waals surface area contributed by atoms with Crippen LogP contribution in [0.3, 0.4) is 0 Å². The zero-order valence-corrected chi connectivity index (χ0v) is 16.9. The SMILES string of the molecule is CC(C)(C)N1C(=O)c2ccc(C(=O)NCCNC(=O)c3ccccc3F)cc2C1=O. The van der Waals surface area contributed by atoms with Crippen molar-refractivity contribution in [2.24, 2.45) is 0 Å². The lowest BCUT2D eigenvalue weighted by Gasteiger charge is -2.29. The normalized spacial score (nSPS) is 13.3. The molecule has 0 saturated heterocycles. The molecule has 30 heavy (non-hydrogen) atoms. The molecule has 1 aliphatic heterocycles. The van der Waals surface area contributed by atoms with Crippen molar-refractivity contribution in [3.63, 3.8) is 0 Å². The number of hydrogen-bond acceptors (Lipinski definition) is 4. The average Bonchev–Trinajstić information content (AvgIpc) is 2.95. The monoisotopic (exact) mass is 411 g/mol. The quantitative estimate of drug-likeness (QED) is 0.583. The lowest BCUT2D eigenvalue weighted by Crippen LogP contribution is -2.45. The maximum Gasteiger partial charge on any atom is 0.262 e. The third-order valence-corrected chi connectivity index (χ3v) is 4.63. The van der Waals surface area contributed by atoms with Gasteiger partial charge in [-0.1, -0.05) is 12.1 Å². The number of imide groups is 1. The minimum atomic E-state index is -0.675. The van der Waals surface area contributed by atoms with E-state index in [1.54, 1.807) is 26.8 Å². The van der Waals surface area contributed by atoms with Gasteiger partial charge in [-0.15, -0.1) is 0 Å². The second-order valence-electron chi connectivity index (χ2n) is 7.87. The number of halogens is 1. The highest BCUT2D eigenvalue weighted by molar-refractivity contribution is 6.22. The summed E-state index contributed by atoms with van der Waals surface area (Å²) in [4.78, 5) is 50.6. The molecule has 0 unspecified atom stereocenters. The lowest BCUT2D eigenvalue weighted by atomic mass is 10.1. The molecule has 0 saturated carbocycles. The molecule has 4 amide bonds. The van der Waals surface area contributed by atoms with Crippen LogP contribution in [0.4, 0.5) is 4.39 Å². The van der Waals surface area contributed by atoms with E-state index in [0.29, 0.717) is 0 Å². The average molecular weight is 411 g/mol. The van der Waals surface area contributed by atoms with Gasteiger partial charge in [-0.3, -0.25) is 24.1 Å². The summed E-state index contributed by atoms with van der Waals surface area (Å²) < 4.78 is 13.6. The smallest absolute Gasteiger partial charge is 0.262 e. The van der Waals surface area contributed by atoms with Gasteiger partial charge in [0.15, 0.2) is 0 Å². The van der Waals surface area contributed by atoms with E-state index in [1.165, 1.54) is 41.3 Å². The number of hydrogen-bond donors (Lipinski definition) is 2. The fourth-order valence-corrected chi connectivity index (χ4v) is 3.19. The van der Waals surface area contributed by atoms with Crippen molar-refractivity contribution in [3.8, 4) is 0 Å². The highest BCUT2D eigenvalue weighted by atomic mass is 19.1. The van der Waals surface area contributed by atoms with E-state index >= 15 is 0 Å². The van der Waals surface area contributed by atoms with Crippen LogP contribution in [0.2, 0.25) is 0 Å². The van der Waals surface area contributed by atoms with Gasteiger partial charge < -0.3 is 10.6 Å². The predicted molar refractivity (Wildman–Crippen MR) is 108 cm³/mol. The van der Waals surface area contributed by atoms with Crippen LogP contribution in [0.25, 0.3) is 0 Å². The van der Waals surface area contributed by atoms with Crippen molar-refractivity contribution in [3.05, 3.63) is 70.5 Å². The minimum absolute atomic E-state index is 0.0750. The Bertz CT molecular complexity index is 1040. The molecule has 0 fully saturated rings. The predicted octanol–water partition coefficient (Wildman–Crippen LogP) is 2.38. The Morgan fingerprint density at radius 1 is 0.900 bits per heavy atom. The highest BCUT2D eigenvalue weighted by Gasteiger charge is 2.42. The molecule has 3 rings (SSSR count). The molecule has 0 aliphatic carbocycles. The first kappa shape index (κ1) is 21.2. The van der Waals surface area contributed by atoms with Crippen LogP contribution in [0.5, 0.6) is 0 Å². The fourth-order valence-electron chi connectivity index (χ4n) is 3.19. The minimum Gasteiger partial charge on any atom is -0.350 e. The molecule has 7 nitrogen and oxygen atoms in total. The van der Waals surface area contributed by atoms with Crippen molar-refractivity contribution in [2.75, 3.05) is 13.1 Å². The van der Waals surface area contributed by atoms with E-state index in [0.717, 1.165) is 0 Å². The first-order valence-corrected chi connectivity index (χ1v) is 9.45. The van der Waals surface area contributed by atoms with Crippen LogP contribution in [0.15, 0.2) is 42.5 Å². The Labute approximate surface area is 173 Å². The van der Waals surface area contributed by atoms with Crippen LogP contribution >= 0.6 is 0 Å². The summed E-state index contributed by atoms with van der Waals surface area (Å²) in [6.07, 6.45) is 0. The summed E-state index contributed by atoms with van der Waals surface area (Å²) in [6.45, 7) is 5.49. The van der Waals surface area contributed by atoms with Crippen molar-refractivity contribution in [1.82, 2.24) is 15.5 Å². The standard InChI is InChI=1S/C22H22FN3O4/c1-22(2,3)26-20(29)14-9-8-13(12-16(14)21(26)30)18(27)24-10-11-25-19(28)15-6-4-5-7-17(15)23/h4-9,12H,10-11H2,1-3H3,(H,24,27)(H,25,28). The number of nitrogens with one attached hydrogen (secondary N) is 2. The van der Waals surface area contributed by atoms with Gasteiger partial charge in [-0.05, 0) is 51.1 Å². The molecule has 1 aliphatic rings. The molecule has 0 bridgehead atoms. The summed E-state index contributed by atoms with van der Waals surface area (Å²) in [5, 5.41) is 5.15. The number of fused-ring (bicyclic) bond motifs is 1. The summed E-state index contributed by atoms with van der Waals surface area (Å²) in [6, 6.07) is 9.95. The van der Waals surface area contributed by atoms with E-state index in [9.17, 15) is 23.6 Å². The van der Waals surface area contributed by atoms with E-state index < -0.39 is 29.1 Å². The third kappa shape index (κ3) is 4.07. The molecule has 156 valence electrons. The van der Waals surface area contributed by atoms with Crippen molar-refractivity contribution in [1.29, 1.82) is 0 Å². The molecule has 1 heterocycles. The van der Waals surface area contributed by atoms with Gasteiger partial charge in [0.1, 0.15) is 5.82 Å². The topological polar surface area (TPSA) is 95.6 Å². The molecule has 8 heteroatoms. The molecule has 2 aromatic rings. The molecular weight excluding hydrogens is 389 g/mol. The molecular formula is C22H22FN3O4. The fraction of sp³-hybridized carbons (Fsp3) is 0.273. The van der Waals surface area contributed by atoms with Gasteiger partial charge in [0.05, 0.1) is 16.7 Å². The van der Waals surface area contributed by atoms with Crippen LogP contribution < -0.4 is 10.6 Å². The van der Waals surface area contributed by atoms with E-state index in [2.05, 4.69) is 10.6 Å². The van der Waals surface area contributed by atoms with Gasteiger partial charge >= 0.3 is 0 Å². The van der Waals surface area contributed by atoms with Crippen molar-refractivity contribution < 1.29 is 23.6 Å².